The molecule has 0 radical (unpaired) electrons. The van der Waals surface area contributed by atoms with Crippen LogP contribution in [-0.2, 0) is 107 Å². The number of hydrogen-bond donors (Lipinski definition) is 26. The number of aliphatic carboxylic acids is 1. The fourth-order valence-electron chi connectivity index (χ4n) is 13.3. The Bertz CT molecular complexity index is 4750. The molecule has 6 aromatic rings. The Morgan fingerprint density at radius 2 is 0.858 bits per heavy atom. The zero-order valence-electron chi connectivity index (χ0n) is 71.1. The number of phenols is 1. The van der Waals surface area contributed by atoms with E-state index >= 15 is 14.4 Å². The second kappa shape index (κ2) is 53.5. The van der Waals surface area contributed by atoms with Crippen LogP contribution in [0.4, 0.5) is 0 Å². The van der Waals surface area contributed by atoms with Crippen molar-refractivity contribution in [1.82, 2.24) is 89.7 Å². The second-order valence-corrected chi connectivity index (χ2v) is 31.3. The molecule has 0 saturated carbocycles. The third-order valence-corrected chi connectivity index (χ3v) is 20.9. The van der Waals surface area contributed by atoms with Crippen molar-refractivity contribution in [2.24, 2.45) is 28.9 Å². The molecule has 0 aliphatic heterocycles. The van der Waals surface area contributed by atoms with Crippen molar-refractivity contribution in [2.75, 3.05) is 57.4 Å². The van der Waals surface area contributed by atoms with E-state index in [4.69, 9.17) is 33.1 Å². The summed E-state index contributed by atoms with van der Waals surface area (Å²) in [4.78, 5) is 228. The molecule has 0 spiro atoms. The molecular formula is C84H118N22O19S2. The summed E-state index contributed by atoms with van der Waals surface area (Å²) in [5.41, 5.74) is 25.7. The third-order valence-electron chi connectivity index (χ3n) is 20.1. The number of guanidine groups is 1. The number of benzene rings is 4. The summed E-state index contributed by atoms with van der Waals surface area (Å²) in [5, 5.41) is 68.2. The van der Waals surface area contributed by atoms with Gasteiger partial charge in [0.25, 0.3) is 0 Å². The molecule has 43 heteroatoms. The fourth-order valence-corrected chi connectivity index (χ4v) is 13.9. The van der Waals surface area contributed by atoms with E-state index in [0.717, 1.165) is 0 Å². The first kappa shape index (κ1) is 103. The molecule has 127 heavy (non-hydrogen) atoms. The Morgan fingerprint density at radius 3 is 1.35 bits per heavy atom. The minimum atomic E-state index is -1.89. The van der Waals surface area contributed by atoms with Gasteiger partial charge in [-0.3, -0.25) is 82.1 Å². The summed E-state index contributed by atoms with van der Waals surface area (Å²) < 4.78 is 5.37. The largest absolute Gasteiger partial charge is 0.508 e. The lowest BCUT2D eigenvalue weighted by Gasteiger charge is -2.29. The van der Waals surface area contributed by atoms with Crippen LogP contribution in [-0.4, -0.2) is 251 Å². The molecular weight excluding hydrogens is 1690 g/mol. The molecule has 41 nitrogen and oxygen atoms in total. The minimum absolute atomic E-state index is 0.00388. The number of phenolic OH excluding ortho intramolecular Hbond substituents is 1. The van der Waals surface area contributed by atoms with E-state index < -0.39 is 204 Å². The van der Waals surface area contributed by atoms with Gasteiger partial charge in [-0.25, -0.2) is 0 Å². The Balaban J connectivity index is 1.25. The number of carboxylic acids is 1. The molecule has 4 aromatic carbocycles. The highest BCUT2D eigenvalue weighted by molar-refractivity contribution is 7.80. The molecule has 0 aliphatic rings. The van der Waals surface area contributed by atoms with Gasteiger partial charge in [-0.2, -0.15) is 25.3 Å². The Morgan fingerprint density at radius 1 is 0.433 bits per heavy atom. The molecule has 690 valence electrons. The summed E-state index contributed by atoms with van der Waals surface area (Å²) in [6.07, 6.45) is 3.01. The Kier molecular flexibility index (Phi) is 43.3. The highest BCUT2D eigenvalue weighted by atomic mass is 32.1. The van der Waals surface area contributed by atoms with Crippen LogP contribution < -0.4 is 103 Å². The number of aromatic hydroxyl groups is 1. The molecule has 0 unspecified atom stereocenters. The number of carbonyl (C=O) groups excluding carboxylic acids is 15. The van der Waals surface area contributed by atoms with E-state index in [-0.39, 0.29) is 95.5 Å². The third kappa shape index (κ3) is 35.2. The Hall–Kier alpha value is -12.9. The number of rotatable bonds is 56. The zero-order chi connectivity index (χ0) is 93.2. The van der Waals surface area contributed by atoms with Crippen LogP contribution in [0.3, 0.4) is 0 Å². The molecule has 28 N–H and O–H groups in total. The first-order valence-electron chi connectivity index (χ1n) is 41.5. The molecule has 2 aromatic heterocycles. The summed E-state index contributed by atoms with van der Waals surface area (Å²) in [7, 11) is 0. The van der Waals surface area contributed by atoms with Gasteiger partial charge in [0, 0.05) is 91.4 Å². The number of nitrogens with one attached hydrogen (secondary N) is 18. The average Bonchev–Trinajstić information content (AvgIpc) is 1.72. The highest BCUT2D eigenvalue weighted by Crippen LogP contribution is 2.23. The smallest absolute Gasteiger partial charge is 0.305 e. The molecule has 0 saturated heterocycles. The van der Waals surface area contributed by atoms with E-state index in [1.165, 1.54) is 38.1 Å². The number of amides is 15. The first-order valence-corrected chi connectivity index (χ1v) is 42.7. The number of carboxylic acid groups (broad SMARTS) is 1. The maximum absolute atomic E-state index is 15.4. The van der Waals surface area contributed by atoms with E-state index in [9.17, 15) is 72.5 Å². The quantitative estimate of drug-likeness (QED) is 0.00771. The second-order valence-electron chi connectivity index (χ2n) is 30.5. The number of primary amides is 1. The van der Waals surface area contributed by atoms with Gasteiger partial charge in [0.2, 0.25) is 88.6 Å². The van der Waals surface area contributed by atoms with Gasteiger partial charge < -0.3 is 128 Å². The predicted molar refractivity (Wildman–Crippen MR) is 476 cm³/mol. The van der Waals surface area contributed by atoms with Gasteiger partial charge in [0.15, 0.2) is 5.96 Å². The van der Waals surface area contributed by atoms with Gasteiger partial charge in [-0.1, -0.05) is 92.7 Å². The van der Waals surface area contributed by atoms with Gasteiger partial charge in [-0.05, 0) is 124 Å². The van der Waals surface area contributed by atoms with Crippen molar-refractivity contribution < 1.29 is 91.7 Å². The minimum Gasteiger partial charge on any atom is -0.508 e. The van der Waals surface area contributed by atoms with Crippen LogP contribution in [0.5, 0.6) is 5.75 Å². The molecule has 6 rings (SSSR count). The number of hydrogen-bond acceptors (Lipinski definition) is 23. The maximum atomic E-state index is 15.4. The van der Waals surface area contributed by atoms with E-state index in [0.29, 0.717) is 69.9 Å². The van der Waals surface area contributed by atoms with Crippen LogP contribution in [0.2, 0.25) is 0 Å². The monoisotopic (exact) mass is 1800 g/mol. The highest BCUT2D eigenvalue weighted by Gasteiger charge is 2.39. The van der Waals surface area contributed by atoms with Gasteiger partial charge in [0.05, 0.1) is 19.6 Å². The number of nitrogens with two attached hydrogens (primary N) is 4. The fraction of sp³-hybridized carbons (Fsp3) is 0.464. The van der Waals surface area contributed by atoms with E-state index in [1.54, 1.807) is 105 Å². The molecule has 0 bridgehead atoms. The predicted octanol–water partition coefficient (Wildman–Crippen LogP) is -3.27. The van der Waals surface area contributed by atoms with E-state index in [1.807, 2.05) is 0 Å². The zero-order valence-corrected chi connectivity index (χ0v) is 72.9. The number of aromatic nitrogens is 2. The van der Waals surface area contributed by atoms with Crippen molar-refractivity contribution in [3.63, 3.8) is 0 Å². The Labute approximate surface area is 744 Å². The normalized spacial score (nSPS) is 14.0. The molecule has 12 atom stereocenters. The van der Waals surface area contributed by atoms with Gasteiger partial charge in [0.1, 0.15) is 84.9 Å². The number of unbranched alkanes of at least 4 members (excludes halogenated alkanes) is 2. The van der Waals surface area contributed by atoms with Crippen molar-refractivity contribution in [2.45, 2.75) is 184 Å². The summed E-state index contributed by atoms with van der Waals surface area (Å²) in [6.45, 7) is 4.93. The van der Waals surface area contributed by atoms with Gasteiger partial charge in [-0.15, -0.1) is 0 Å². The lowest BCUT2D eigenvalue weighted by molar-refractivity contribution is -0.141. The van der Waals surface area contributed by atoms with Crippen LogP contribution in [0, 0.1) is 11.3 Å². The molecule has 0 fully saturated rings. The average molecular weight is 1800 g/mol. The summed E-state index contributed by atoms with van der Waals surface area (Å²) in [5.74, 6) is -16.9. The number of fused-ring (bicyclic) bond motifs is 2. The van der Waals surface area contributed by atoms with Crippen LogP contribution in [0.1, 0.15) is 108 Å². The number of carbonyl (C=O) groups is 16. The first-order chi connectivity index (χ1) is 60.6. The molecule has 0 aliphatic carbocycles. The number of H-pyrrole nitrogens is 2. The van der Waals surface area contributed by atoms with Crippen molar-refractivity contribution >= 4 is 148 Å². The maximum Gasteiger partial charge on any atom is 0.305 e. The van der Waals surface area contributed by atoms with Crippen molar-refractivity contribution in [1.29, 1.82) is 5.41 Å². The molecule has 15 amide bonds. The lowest BCUT2D eigenvalue weighted by atomic mass is 9.99. The number of ether oxygens (including phenoxy) is 1. The molecule has 2 heterocycles. The summed E-state index contributed by atoms with van der Waals surface area (Å²) >= 11 is 8.58. The number of thiol groups is 2. The summed E-state index contributed by atoms with van der Waals surface area (Å²) in [6, 6.07) is 10.3. The van der Waals surface area contributed by atoms with Crippen LogP contribution >= 0.6 is 25.3 Å². The lowest BCUT2D eigenvalue weighted by Crippen LogP contribution is -2.62. The van der Waals surface area contributed by atoms with Gasteiger partial charge >= 0.3 is 5.97 Å². The van der Waals surface area contributed by atoms with E-state index in [2.05, 4.69) is 115 Å². The van der Waals surface area contributed by atoms with Crippen molar-refractivity contribution in [3.05, 3.63) is 138 Å². The van der Waals surface area contributed by atoms with Crippen molar-refractivity contribution in [3.8, 4) is 5.75 Å². The van der Waals surface area contributed by atoms with Crippen LogP contribution in [0.15, 0.2) is 116 Å². The SMILES string of the molecule is CC(=O)N[C@@H](C)C(=O)N[C@@H](CS)C(=O)N[C@@H](CC(=O)O)C(=O)N[C@@H](Cc1c[nH]c2ccccc12)C(=O)N[C@H](C(=O)N[C@@H](CS)C(=O)N[C@@H](Cc1ccc(O)cc1)C(=O)N[C@@H](Cc1c[nH]c2ccccc12)C(=O)N[C@@H](CCCNC(=N)N)C(=O)N[C@@H](CCCCN)C(=O)N[C@@H](Cc1ccccc1)C(=O)NCC(=O)NCCOCC(=O)N[C@H](CCCCN)C(N)=O)C(C)C. The standard InChI is InChI=1S/C84H118N22O19S2/c1-46(2)71(106-80(121)64(38-52-41-93-57-22-11-9-20-55(52)57)102-79(120)65(39-70(111)112)103-81(122)66(44-126)104-73(114)47(3)95-48(4)107)83(124)105-67(45-127)82(123)100-62(36-50-26-28-53(108)29-27-50)77(118)101-63(37-51-40-92-56-21-10-8-19-54(51)56)78(119)98-60(25-16-32-91-84(88)89)75(116)97-59(24-13-15-31-86)76(117)99-61(35-49-17-6-5-7-18-49)74(115)94-42-68(109)90-33-34-125-43-69(110)96-58(72(87)113)23-12-14-30-85/h5-11,17-22,26-29,40-41,46-47,58-67,71,92-93,108,126-127H,12-16,23-25,30-39,42-45,85-86H2,1-4H3,(H2,87,113)(H,90,109)(H,94,115)(H,95,107)(H,96,110)(H,97,116)(H,98,119)(H,99,117)(H,100,123)(H,101,118)(H,102,120)(H,103,122)(H,104,114)(H,105,124)(H,106,121)(H,111,112)(H4,88,89,91)/t47-,58+,59-,60-,61-,62-,63-,64-,65-,66-,67-,71-/m0/s1. The topological polar surface area (TPSA) is 663 Å². The number of para-hydroxylation sites is 2. The van der Waals surface area contributed by atoms with Crippen LogP contribution in [0.25, 0.3) is 21.8 Å². The number of aromatic amines is 2.